The lowest BCUT2D eigenvalue weighted by Gasteiger charge is -2.09. The van der Waals surface area contributed by atoms with Gasteiger partial charge in [-0.25, -0.2) is 9.18 Å². The number of ether oxygens (including phenoxy) is 1. The largest absolute Gasteiger partial charge is 0.487 e. The van der Waals surface area contributed by atoms with Crippen LogP contribution in [0.2, 0.25) is 0 Å². The van der Waals surface area contributed by atoms with Gasteiger partial charge in [0.1, 0.15) is 29.5 Å². The van der Waals surface area contributed by atoms with Crippen LogP contribution in [0, 0.1) is 12.7 Å². The molecule has 0 aliphatic rings. The molecule has 0 bridgehead atoms. The summed E-state index contributed by atoms with van der Waals surface area (Å²) in [7, 11) is 0. The van der Waals surface area contributed by atoms with Crippen molar-refractivity contribution in [3.8, 4) is 5.75 Å². The third kappa shape index (κ3) is 5.19. The number of hydrogen-bond donors (Lipinski definition) is 2. The van der Waals surface area contributed by atoms with Crippen LogP contribution in [-0.4, -0.2) is 11.0 Å². The van der Waals surface area contributed by atoms with Crippen LogP contribution >= 0.6 is 0 Å². The summed E-state index contributed by atoms with van der Waals surface area (Å²) in [6, 6.07) is 17.2. The van der Waals surface area contributed by atoms with Crippen LogP contribution in [0.3, 0.4) is 0 Å². The zero-order valence-corrected chi connectivity index (χ0v) is 17.0. The van der Waals surface area contributed by atoms with Crippen LogP contribution in [-0.2, 0) is 19.7 Å². The molecule has 6 nitrogen and oxygen atoms in total. The quantitative estimate of drug-likeness (QED) is 0.449. The van der Waals surface area contributed by atoms with Gasteiger partial charge in [0, 0.05) is 23.7 Å². The second-order valence-electron chi connectivity index (χ2n) is 7.08. The van der Waals surface area contributed by atoms with Crippen LogP contribution in [0.5, 0.6) is 5.75 Å². The number of aryl methyl sites for hydroxylation is 1. The smallest absolute Gasteiger partial charge is 0.315 e. The van der Waals surface area contributed by atoms with Gasteiger partial charge < -0.3 is 19.8 Å². The number of nitrogens with zero attached hydrogens (tertiary/aromatic N) is 1. The number of rotatable bonds is 7. The van der Waals surface area contributed by atoms with Gasteiger partial charge in [0.25, 0.3) is 0 Å². The highest BCUT2D eigenvalue weighted by Crippen LogP contribution is 2.25. The van der Waals surface area contributed by atoms with E-state index in [1.54, 1.807) is 12.3 Å². The molecule has 31 heavy (non-hydrogen) atoms. The fourth-order valence-electron chi connectivity index (χ4n) is 3.16. The van der Waals surface area contributed by atoms with E-state index in [2.05, 4.69) is 15.6 Å². The zero-order valence-electron chi connectivity index (χ0n) is 17.0. The van der Waals surface area contributed by atoms with E-state index in [-0.39, 0.29) is 18.4 Å². The van der Waals surface area contributed by atoms with Crippen LogP contribution < -0.4 is 15.4 Å². The highest BCUT2D eigenvalue weighted by molar-refractivity contribution is 5.82. The van der Waals surface area contributed by atoms with Crippen LogP contribution in [0.15, 0.2) is 71.3 Å². The van der Waals surface area contributed by atoms with Gasteiger partial charge in [0.05, 0.1) is 12.2 Å². The summed E-state index contributed by atoms with van der Waals surface area (Å²) in [5.74, 6) is 1.02. The summed E-state index contributed by atoms with van der Waals surface area (Å²) in [5.41, 5.74) is 3.21. The van der Waals surface area contributed by atoms with Gasteiger partial charge in [-0.2, -0.15) is 0 Å². The summed E-state index contributed by atoms with van der Waals surface area (Å²) in [4.78, 5) is 16.4. The molecule has 4 rings (SSSR count). The molecule has 0 aliphatic carbocycles. The predicted molar refractivity (Wildman–Crippen MR) is 115 cm³/mol. The molecule has 0 atom stereocenters. The minimum absolute atomic E-state index is 0.217. The summed E-state index contributed by atoms with van der Waals surface area (Å²) >= 11 is 0. The topological polar surface area (TPSA) is 76.4 Å². The number of fused-ring (bicyclic) bond motifs is 1. The number of amides is 2. The van der Waals surface area contributed by atoms with Gasteiger partial charge in [-0.05, 0) is 55.0 Å². The van der Waals surface area contributed by atoms with E-state index in [4.69, 9.17) is 9.15 Å². The Morgan fingerprint density at radius 3 is 2.65 bits per heavy atom. The Hall–Kier alpha value is -3.87. The first-order chi connectivity index (χ1) is 15.1. The van der Waals surface area contributed by atoms with Crippen molar-refractivity contribution in [1.82, 2.24) is 15.6 Å². The number of furan rings is 1. The molecule has 0 saturated carbocycles. The van der Waals surface area contributed by atoms with Crippen molar-refractivity contribution in [2.75, 3.05) is 0 Å². The van der Waals surface area contributed by atoms with Crippen molar-refractivity contribution in [2.45, 2.75) is 26.6 Å². The number of carbonyl (C=O) groups is 1. The molecule has 4 aromatic rings. The Balaban J connectivity index is 1.25. The number of halogens is 1. The number of aromatic nitrogens is 1. The lowest BCUT2D eigenvalue weighted by Crippen LogP contribution is -2.34. The highest BCUT2D eigenvalue weighted by atomic mass is 19.1. The second kappa shape index (κ2) is 9.30. The van der Waals surface area contributed by atoms with Crippen LogP contribution in [0.1, 0.15) is 22.6 Å². The van der Waals surface area contributed by atoms with Gasteiger partial charge in [-0.1, -0.05) is 18.2 Å². The molecule has 0 unspecified atom stereocenters. The molecular formula is C24H22FN3O3. The SMILES string of the molecule is Cc1c(CNC(=O)NCc2ccc(OCc3ccccn3)cc2)oc2ccc(F)cc12. The van der Waals surface area contributed by atoms with E-state index in [0.717, 1.165) is 22.6 Å². The lowest BCUT2D eigenvalue weighted by atomic mass is 10.1. The molecule has 0 spiro atoms. The standard InChI is InChI=1S/C24H22FN3O3/c1-16-21-12-18(25)7-10-22(21)31-23(16)14-28-24(29)27-13-17-5-8-20(9-6-17)30-15-19-4-2-3-11-26-19/h2-12H,13-15H2,1H3,(H2,27,28,29). The maximum Gasteiger partial charge on any atom is 0.315 e. The monoisotopic (exact) mass is 419 g/mol. The molecule has 158 valence electrons. The summed E-state index contributed by atoms with van der Waals surface area (Å²) in [6.07, 6.45) is 1.73. The number of nitrogens with one attached hydrogen (secondary N) is 2. The molecule has 0 radical (unpaired) electrons. The number of carbonyl (C=O) groups excluding carboxylic acids is 1. The molecule has 0 fully saturated rings. The minimum Gasteiger partial charge on any atom is -0.487 e. The Labute approximate surface area is 179 Å². The van der Waals surface area contributed by atoms with Gasteiger partial charge in [0.2, 0.25) is 0 Å². The molecule has 2 aromatic carbocycles. The molecule has 7 heteroatoms. The molecule has 0 saturated heterocycles. The van der Waals surface area contributed by atoms with Crippen molar-refractivity contribution in [3.05, 3.63) is 95.3 Å². The summed E-state index contributed by atoms with van der Waals surface area (Å²) in [6.45, 7) is 2.83. The maximum absolute atomic E-state index is 13.4. The van der Waals surface area contributed by atoms with E-state index >= 15 is 0 Å². The molecule has 2 N–H and O–H groups in total. The Morgan fingerprint density at radius 1 is 1.06 bits per heavy atom. The fourth-order valence-corrected chi connectivity index (χ4v) is 3.16. The predicted octanol–water partition coefficient (Wildman–Crippen LogP) is 4.85. The Kier molecular flexibility index (Phi) is 6.12. The maximum atomic E-state index is 13.4. The third-order valence-corrected chi connectivity index (χ3v) is 4.90. The van der Waals surface area contributed by atoms with E-state index in [1.165, 1.54) is 12.1 Å². The third-order valence-electron chi connectivity index (χ3n) is 4.90. The normalized spacial score (nSPS) is 10.8. The van der Waals surface area contributed by atoms with E-state index in [1.807, 2.05) is 49.4 Å². The van der Waals surface area contributed by atoms with Crippen molar-refractivity contribution in [1.29, 1.82) is 0 Å². The van der Waals surface area contributed by atoms with Crippen LogP contribution in [0.25, 0.3) is 11.0 Å². The second-order valence-corrected chi connectivity index (χ2v) is 7.08. The van der Waals surface area contributed by atoms with E-state index in [9.17, 15) is 9.18 Å². The first-order valence-corrected chi connectivity index (χ1v) is 9.89. The van der Waals surface area contributed by atoms with E-state index in [0.29, 0.717) is 29.9 Å². The van der Waals surface area contributed by atoms with Gasteiger partial charge in [-0.3, -0.25) is 4.98 Å². The van der Waals surface area contributed by atoms with E-state index < -0.39 is 0 Å². The Bertz CT molecular complexity index is 1170. The molecule has 2 heterocycles. The average molecular weight is 419 g/mol. The first kappa shape index (κ1) is 20.4. The van der Waals surface area contributed by atoms with Crippen molar-refractivity contribution in [3.63, 3.8) is 0 Å². The fraction of sp³-hybridized carbons (Fsp3) is 0.167. The van der Waals surface area contributed by atoms with Gasteiger partial charge in [-0.15, -0.1) is 0 Å². The molecular weight excluding hydrogens is 397 g/mol. The zero-order chi connectivity index (χ0) is 21.6. The highest BCUT2D eigenvalue weighted by Gasteiger charge is 2.12. The molecule has 0 aliphatic heterocycles. The van der Waals surface area contributed by atoms with Gasteiger partial charge >= 0.3 is 6.03 Å². The van der Waals surface area contributed by atoms with Crippen molar-refractivity contribution in [2.24, 2.45) is 0 Å². The number of hydrogen-bond acceptors (Lipinski definition) is 4. The molecule has 2 aromatic heterocycles. The van der Waals surface area contributed by atoms with Crippen LogP contribution in [0.4, 0.5) is 9.18 Å². The summed E-state index contributed by atoms with van der Waals surface area (Å²) < 4.78 is 24.8. The lowest BCUT2D eigenvalue weighted by molar-refractivity contribution is 0.239. The summed E-state index contributed by atoms with van der Waals surface area (Å²) in [5, 5.41) is 6.28. The number of urea groups is 1. The van der Waals surface area contributed by atoms with Crippen molar-refractivity contribution < 1.29 is 18.3 Å². The Morgan fingerprint density at radius 2 is 1.87 bits per heavy atom. The molecule has 2 amide bonds. The first-order valence-electron chi connectivity index (χ1n) is 9.89. The van der Waals surface area contributed by atoms with Gasteiger partial charge in [0.15, 0.2) is 0 Å². The number of pyridine rings is 1. The number of benzene rings is 2. The van der Waals surface area contributed by atoms with Crippen molar-refractivity contribution >= 4 is 17.0 Å². The minimum atomic E-state index is -0.318. The average Bonchev–Trinajstić information content (AvgIpc) is 3.11.